The molecule has 0 aliphatic carbocycles. The van der Waals surface area contributed by atoms with Crippen LogP contribution in [0.15, 0.2) is 24.3 Å². The number of allylic oxidation sites excluding steroid dienone is 3. The molecule has 1 N–H and O–H groups in total. The number of hydrogen-bond donors (Lipinski definition) is 1. The third kappa shape index (κ3) is 16.1. The molecule has 120 valence electrons. The van der Waals surface area contributed by atoms with Crippen LogP contribution in [0.4, 0.5) is 0 Å². The number of amides is 1. The Kier molecular flexibility index (Phi) is 14.1. The summed E-state index contributed by atoms with van der Waals surface area (Å²) in [6.45, 7) is 6.71. The number of nitrogens with one attached hydrogen (secondary N) is 1. The fraction of sp³-hybridized carbons (Fsp3) is 0.550. The van der Waals surface area contributed by atoms with Crippen molar-refractivity contribution in [1.29, 1.82) is 0 Å². The van der Waals surface area contributed by atoms with E-state index < -0.39 is 0 Å². The molecule has 0 aromatic rings. The number of hydrogen-bond acceptors (Lipinski definition) is 1. The first-order valence-electron chi connectivity index (χ1n) is 8.15. The van der Waals surface area contributed by atoms with Crippen molar-refractivity contribution in [2.45, 2.75) is 59.3 Å². The van der Waals surface area contributed by atoms with Gasteiger partial charge >= 0.3 is 0 Å². The zero-order valence-corrected chi connectivity index (χ0v) is 14.2. The highest BCUT2D eigenvalue weighted by molar-refractivity contribution is 5.87. The van der Waals surface area contributed by atoms with Crippen LogP contribution < -0.4 is 5.32 Å². The van der Waals surface area contributed by atoms with Crippen molar-refractivity contribution < 1.29 is 4.79 Å². The normalized spacial score (nSPS) is 10.4. The lowest BCUT2D eigenvalue weighted by Crippen LogP contribution is -2.25. The Morgan fingerprint density at radius 3 is 2.45 bits per heavy atom. The van der Waals surface area contributed by atoms with Gasteiger partial charge in [-0.15, -0.1) is 0 Å². The lowest BCUT2D eigenvalue weighted by Gasteiger charge is -2.04. The van der Waals surface area contributed by atoms with E-state index in [4.69, 9.17) is 0 Å². The first-order valence-corrected chi connectivity index (χ1v) is 8.15. The van der Waals surface area contributed by atoms with Gasteiger partial charge in [-0.25, -0.2) is 0 Å². The van der Waals surface area contributed by atoms with Gasteiger partial charge in [0.2, 0.25) is 5.91 Å². The fourth-order valence-corrected chi connectivity index (χ4v) is 1.67. The van der Waals surface area contributed by atoms with Crippen LogP contribution in [0.2, 0.25) is 0 Å². The molecule has 0 spiro atoms. The molecule has 0 heterocycles. The summed E-state index contributed by atoms with van der Waals surface area (Å²) < 4.78 is 0. The van der Waals surface area contributed by atoms with Gasteiger partial charge in [0.1, 0.15) is 0 Å². The minimum atomic E-state index is 0.0190. The van der Waals surface area contributed by atoms with E-state index in [9.17, 15) is 4.79 Å². The van der Waals surface area contributed by atoms with E-state index in [-0.39, 0.29) is 5.91 Å². The molecule has 0 aliphatic heterocycles. The second-order valence-corrected chi connectivity index (χ2v) is 5.53. The van der Waals surface area contributed by atoms with Crippen LogP contribution in [0.5, 0.6) is 0 Å². The summed E-state index contributed by atoms with van der Waals surface area (Å²) >= 11 is 0. The van der Waals surface area contributed by atoms with Crippen molar-refractivity contribution in [3.8, 4) is 23.7 Å². The maximum absolute atomic E-state index is 11.4. The van der Waals surface area contributed by atoms with E-state index in [0.29, 0.717) is 5.92 Å². The Bertz CT molecular complexity index is 463. The summed E-state index contributed by atoms with van der Waals surface area (Å²) in [4.78, 5) is 11.4. The predicted octanol–water partition coefficient (Wildman–Crippen LogP) is 4.24. The Balaban J connectivity index is 3.46. The molecule has 0 saturated carbocycles. The number of rotatable bonds is 10. The van der Waals surface area contributed by atoms with Gasteiger partial charge in [-0.2, -0.15) is 0 Å². The summed E-state index contributed by atoms with van der Waals surface area (Å²) in [7, 11) is 0. The highest BCUT2D eigenvalue weighted by Gasteiger charge is 1.96. The maximum atomic E-state index is 11.4. The predicted molar refractivity (Wildman–Crippen MR) is 95.1 cm³/mol. The third-order valence-electron chi connectivity index (χ3n) is 2.86. The molecule has 0 aromatic heterocycles. The van der Waals surface area contributed by atoms with E-state index in [1.165, 1.54) is 12.8 Å². The molecule has 0 saturated heterocycles. The molecule has 0 bridgehead atoms. The lowest BCUT2D eigenvalue weighted by atomic mass is 10.1. The number of carbonyl (C=O) groups excluding carboxylic acids is 1. The van der Waals surface area contributed by atoms with E-state index >= 15 is 0 Å². The molecule has 0 radical (unpaired) electrons. The van der Waals surface area contributed by atoms with E-state index in [1.807, 2.05) is 6.08 Å². The van der Waals surface area contributed by atoms with Crippen molar-refractivity contribution in [2.24, 2.45) is 5.92 Å². The van der Waals surface area contributed by atoms with Crippen LogP contribution in [0.3, 0.4) is 0 Å². The topological polar surface area (TPSA) is 29.1 Å². The quantitative estimate of drug-likeness (QED) is 0.278. The minimum Gasteiger partial charge on any atom is -0.352 e. The van der Waals surface area contributed by atoms with Gasteiger partial charge in [0.15, 0.2) is 0 Å². The summed E-state index contributed by atoms with van der Waals surface area (Å²) in [6, 6.07) is 0. The average molecular weight is 299 g/mol. The molecule has 0 aromatic carbocycles. The van der Waals surface area contributed by atoms with Gasteiger partial charge in [0, 0.05) is 13.0 Å². The van der Waals surface area contributed by atoms with Crippen molar-refractivity contribution in [3.63, 3.8) is 0 Å². The Hall–Kier alpha value is -1.93. The molecule has 1 amide bonds. The molecule has 2 nitrogen and oxygen atoms in total. The first kappa shape index (κ1) is 20.1. The maximum Gasteiger partial charge on any atom is 0.243 e. The highest BCUT2D eigenvalue weighted by atomic mass is 16.1. The van der Waals surface area contributed by atoms with Crippen molar-refractivity contribution >= 4 is 5.91 Å². The zero-order valence-electron chi connectivity index (χ0n) is 14.2. The van der Waals surface area contributed by atoms with Crippen LogP contribution in [0.1, 0.15) is 59.3 Å². The van der Waals surface area contributed by atoms with Crippen LogP contribution >= 0.6 is 0 Å². The molecule has 22 heavy (non-hydrogen) atoms. The van der Waals surface area contributed by atoms with Crippen LogP contribution in [0, 0.1) is 29.6 Å². The monoisotopic (exact) mass is 299 g/mol. The Labute approximate surface area is 136 Å². The van der Waals surface area contributed by atoms with Crippen LogP contribution in [-0.2, 0) is 4.79 Å². The fourth-order valence-electron chi connectivity index (χ4n) is 1.67. The van der Waals surface area contributed by atoms with E-state index in [0.717, 1.165) is 32.2 Å². The molecular formula is C20H29NO. The van der Waals surface area contributed by atoms with Crippen molar-refractivity contribution in [1.82, 2.24) is 5.32 Å². The van der Waals surface area contributed by atoms with Gasteiger partial charge in [-0.3, -0.25) is 4.79 Å². The molecule has 0 fully saturated rings. The van der Waals surface area contributed by atoms with E-state index in [2.05, 4.69) is 55.0 Å². The summed E-state index contributed by atoms with van der Waals surface area (Å²) in [6.07, 6.45) is 14.3. The second-order valence-electron chi connectivity index (χ2n) is 5.53. The SMILES string of the molecule is CC#CC#CC/C=C/CCCCC/C=C/C(=O)NCC(C)C. The summed E-state index contributed by atoms with van der Waals surface area (Å²) in [5.41, 5.74) is 0. The van der Waals surface area contributed by atoms with E-state index in [1.54, 1.807) is 13.0 Å². The molecular weight excluding hydrogens is 270 g/mol. The van der Waals surface area contributed by atoms with Crippen LogP contribution in [-0.4, -0.2) is 12.5 Å². The second kappa shape index (κ2) is 15.5. The van der Waals surface area contributed by atoms with Crippen LogP contribution in [0.25, 0.3) is 0 Å². The van der Waals surface area contributed by atoms with Gasteiger partial charge < -0.3 is 5.32 Å². The molecule has 0 atom stereocenters. The van der Waals surface area contributed by atoms with Crippen molar-refractivity contribution in [3.05, 3.63) is 24.3 Å². The Morgan fingerprint density at radius 2 is 1.77 bits per heavy atom. The van der Waals surface area contributed by atoms with Gasteiger partial charge in [0.05, 0.1) is 0 Å². The summed E-state index contributed by atoms with van der Waals surface area (Å²) in [5, 5.41) is 2.87. The van der Waals surface area contributed by atoms with Gasteiger partial charge in [-0.1, -0.05) is 50.3 Å². The minimum absolute atomic E-state index is 0.0190. The highest BCUT2D eigenvalue weighted by Crippen LogP contribution is 2.04. The summed E-state index contributed by atoms with van der Waals surface area (Å²) in [5.74, 6) is 11.7. The largest absolute Gasteiger partial charge is 0.352 e. The lowest BCUT2D eigenvalue weighted by molar-refractivity contribution is -0.116. The molecule has 0 rings (SSSR count). The first-order chi connectivity index (χ1) is 10.7. The van der Waals surface area contributed by atoms with Gasteiger partial charge in [0.25, 0.3) is 0 Å². The third-order valence-corrected chi connectivity index (χ3v) is 2.86. The smallest absolute Gasteiger partial charge is 0.243 e. The molecule has 2 heteroatoms. The number of carbonyl (C=O) groups is 1. The van der Waals surface area contributed by atoms with Gasteiger partial charge in [-0.05, 0) is 56.4 Å². The zero-order chi connectivity index (χ0) is 16.5. The molecule has 0 aliphatic rings. The number of unbranched alkanes of at least 4 members (excludes halogenated alkanes) is 4. The Morgan fingerprint density at radius 1 is 1.05 bits per heavy atom. The van der Waals surface area contributed by atoms with Crippen molar-refractivity contribution in [2.75, 3.05) is 6.54 Å². The molecule has 0 unspecified atom stereocenters. The average Bonchev–Trinajstić information content (AvgIpc) is 2.49. The standard InChI is InChI=1S/C20H29NO/c1-4-5-6-7-8-9-10-11-12-13-14-15-16-17-20(22)21-18-19(2)3/h9-10,16-17,19H,8,11-15,18H2,1-3H3,(H,21,22)/b10-9+,17-16+.